The van der Waals surface area contributed by atoms with E-state index in [1.54, 1.807) is 12.1 Å². The van der Waals surface area contributed by atoms with Gasteiger partial charge < -0.3 is 10.2 Å². The topological polar surface area (TPSA) is 118 Å². The number of carbonyl (C=O) groups is 1. The zero-order valence-corrected chi connectivity index (χ0v) is 17.9. The van der Waals surface area contributed by atoms with Gasteiger partial charge in [0.2, 0.25) is 15.9 Å². The number of hydrogen-bond acceptors (Lipinski definition) is 6. The van der Waals surface area contributed by atoms with Crippen molar-refractivity contribution in [1.29, 1.82) is 0 Å². The van der Waals surface area contributed by atoms with Crippen LogP contribution in [0.3, 0.4) is 0 Å². The van der Waals surface area contributed by atoms with Crippen LogP contribution in [0.25, 0.3) is 11.3 Å². The molecule has 1 fully saturated rings. The molecule has 1 saturated heterocycles. The molecule has 0 spiro atoms. The zero-order valence-electron chi connectivity index (χ0n) is 17.1. The van der Waals surface area contributed by atoms with E-state index in [9.17, 15) is 17.6 Å². The molecule has 1 aliphatic heterocycles. The van der Waals surface area contributed by atoms with Crippen LogP contribution >= 0.6 is 0 Å². The van der Waals surface area contributed by atoms with Crippen LogP contribution in [0.1, 0.15) is 12.8 Å². The molecule has 10 heteroatoms. The van der Waals surface area contributed by atoms with Gasteiger partial charge in [-0.25, -0.2) is 17.9 Å². The maximum atomic E-state index is 13.1. The largest absolute Gasteiger partial charge is 0.354 e. The summed E-state index contributed by atoms with van der Waals surface area (Å²) in [6.45, 7) is 1.25. The number of primary sulfonamides is 1. The number of nitrogens with zero attached hydrogens (tertiary/aromatic N) is 3. The second-order valence-electron chi connectivity index (χ2n) is 7.63. The predicted octanol–water partition coefficient (Wildman–Crippen LogP) is 2.79. The van der Waals surface area contributed by atoms with E-state index in [1.165, 1.54) is 36.4 Å². The van der Waals surface area contributed by atoms with E-state index in [2.05, 4.69) is 15.5 Å². The first-order valence-electron chi connectivity index (χ1n) is 10.1. The maximum absolute atomic E-state index is 13.1. The highest BCUT2D eigenvalue weighted by Gasteiger charge is 2.27. The molecule has 2 heterocycles. The Morgan fingerprint density at radius 2 is 1.75 bits per heavy atom. The number of aromatic nitrogens is 2. The van der Waals surface area contributed by atoms with Crippen LogP contribution in [0.4, 0.5) is 15.9 Å². The first kappa shape index (κ1) is 21.8. The van der Waals surface area contributed by atoms with Crippen LogP contribution in [-0.4, -0.2) is 37.6 Å². The van der Waals surface area contributed by atoms with Crippen molar-refractivity contribution >= 4 is 27.4 Å². The Balaban J connectivity index is 1.40. The monoisotopic (exact) mass is 455 g/mol. The summed E-state index contributed by atoms with van der Waals surface area (Å²) in [5, 5.41) is 16.5. The Kier molecular flexibility index (Phi) is 6.15. The third-order valence-corrected chi connectivity index (χ3v) is 6.29. The van der Waals surface area contributed by atoms with Crippen molar-refractivity contribution in [1.82, 2.24) is 10.2 Å². The number of carbonyl (C=O) groups excluding carboxylic acids is 1. The Morgan fingerprint density at radius 3 is 2.38 bits per heavy atom. The molecule has 1 amide bonds. The van der Waals surface area contributed by atoms with Gasteiger partial charge in [-0.2, -0.15) is 0 Å². The standard InChI is InChI=1S/C22H22FN5O3S/c23-17-5-3-15(4-6-17)20-11-12-21(27-26-20)28-13-1-2-16(14-28)22(29)25-18-7-9-19(10-8-18)32(24,30)31/h3-12,16H,1-2,13-14H2,(H,25,29)(H2,24,30,31). The smallest absolute Gasteiger partial charge is 0.238 e. The van der Waals surface area contributed by atoms with Gasteiger partial charge in [0.25, 0.3) is 0 Å². The SMILES string of the molecule is NS(=O)(=O)c1ccc(NC(=O)C2CCCN(c3ccc(-c4ccc(F)cc4)nn3)C2)cc1. The van der Waals surface area contributed by atoms with Gasteiger partial charge in [-0.05, 0) is 73.5 Å². The fourth-order valence-corrected chi connectivity index (χ4v) is 4.16. The normalized spacial score (nSPS) is 16.6. The number of rotatable bonds is 5. The van der Waals surface area contributed by atoms with Crippen LogP contribution < -0.4 is 15.4 Å². The van der Waals surface area contributed by atoms with Gasteiger partial charge in [-0.1, -0.05) is 0 Å². The van der Waals surface area contributed by atoms with Crippen molar-refractivity contribution in [2.24, 2.45) is 11.1 Å². The molecule has 166 valence electrons. The van der Waals surface area contributed by atoms with Gasteiger partial charge in [0.1, 0.15) is 5.82 Å². The molecule has 1 aliphatic rings. The molecule has 1 unspecified atom stereocenters. The number of piperidine rings is 1. The van der Waals surface area contributed by atoms with Crippen molar-refractivity contribution in [3.63, 3.8) is 0 Å². The predicted molar refractivity (Wildman–Crippen MR) is 119 cm³/mol. The minimum Gasteiger partial charge on any atom is -0.354 e. The molecule has 1 aromatic heterocycles. The number of sulfonamides is 1. The Morgan fingerprint density at radius 1 is 1.03 bits per heavy atom. The second-order valence-corrected chi connectivity index (χ2v) is 9.19. The van der Waals surface area contributed by atoms with E-state index in [0.717, 1.165) is 24.9 Å². The van der Waals surface area contributed by atoms with Gasteiger partial charge in [0.05, 0.1) is 16.5 Å². The van der Waals surface area contributed by atoms with E-state index in [4.69, 9.17) is 5.14 Å². The van der Waals surface area contributed by atoms with Crippen molar-refractivity contribution in [2.75, 3.05) is 23.3 Å². The summed E-state index contributed by atoms with van der Waals surface area (Å²) in [5.41, 5.74) is 1.92. The van der Waals surface area contributed by atoms with Crippen LogP contribution in [0.2, 0.25) is 0 Å². The molecular weight excluding hydrogens is 433 g/mol. The van der Waals surface area contributed by atoms with E-state index in [0.29, 0.717) is 23.7 Å². The Hall–Kier alpha value is -3.37. The minimum atomic E-state index is -3.78. The molecule has 0 aliphatic carbocycles. The highest BCUT2D eigenvalue weighted by Crippen LogP contribution is 2.24. The quantitative estimate of drug-likeness (QED) is 0.611. The van der Waals surface area contributed by atoms with Crippen molar-refractivity contribution in [3.8, 4) is 11.3 Å². The molecule has 0 saturated carbocycles. The molecule has 0 bridgehead atoms. The average molecular weight is 456 g/mol. The molecule has 8 nitrogen and oxygen atoms in total. The first-order chi connectivity index (χ1) is 15.3. The first-order valence-corrected chi connectivity index (χ1v) is 11.6. The number of benzene rings is 2. The van der Waals surface area contributed by atoms with Crippen molar-refractivity contribution in [3.05, 3.63) is 66.5 Å². The number of hydrogen-bond donors (Lipinski definition) is 2. The zero-order chi connectivity index (χ0) is 22.7. The van der Waals surface area contributed by atoms with Crippen LogP contribution in [0.5, 0.6) is 0 Å². The van der Waals surface area contributed by atoms with Gasteiger partial charge in [0.15, 0.2) is 5.82 Å². The average Bonchev–Trinajstić information content (AvgIpc) is 2.79. The third-order valence-electron chi connectivity index (χ3n) is 5.36. The molecule has 1 atom stereocenters. The maximum Gasteiger partial charge on any atom is 0.238 e. The van der Waals surface area contributed by atoms with E-state index in [1.807, 2.05) is 17.0 Å². The Bertz CT molecular complexity index is 1200. The van der Waals surface area contributed by atoms with Gasteiger partial charge in [-0.3, -0.25) is 4.79 Å². The van der Waals surface area contributed by atoms with Gasteiger partial charge >= 0.3 is 0 Å². The molecule has 32 heavy (non-hydrogen) atoms. The summed E-state index contributed by atoms with van der Waals surface area (Å²) in [6.07, 6.45) is 1.56. The molecule has 3 N–H and O–H groups in total. The Labute approximate surface area is 185 Å². The highest BCUT2D eigenvalue weighted by molar-refractivity contribution is 7.89. The van der Waals surface area contributed by atoms with Gasteiger partial charge in [0, 0.05) is 24.3 Å². The van der Waals surface area contributed by atoms with E-state index < -0.39 is 10.0 Å². The fourth-order valence-electron chi connectivity index (χ4n) is 3.64. The van der Waals surface area contributed by atoms with Crippen molar-refractivity contribution in [2.45, 2.75) is 17.7 Å². The molecule has 4 rings (SSSR count). The lowest BCUT2D eigenvalue weighted by Gasteiger charge is -2.32. The molecule has 2 aromatic carbocycles. The summed E-state index contributed by atoms with van der Waals surface area (Å²) < 4.78 is 35.8. The lowest BCUT2D eigenvalue weighted by Crippen LogP contribution is -2.41. The summed E-state index contributed by atoms with van der Waals surface area (Å²) in [6, 6.07) is 15.5. The summed E-state index contributed by atoms with van der Waals surface area (Å²) in [7, 11) is -3.78. The number of amides is 1. The molecule has 3 aromatic rings. The highest BCUT2D eigenvalue weighted by atomic mass is 32.2. The van der Waals surface area contributed by atoms with E-state index in [-0.39, 0.29) is 22.5 Å². The van der Waals surface area contributed by atoms with Crippen LogP contribution in [-0.2, 0) is 14.8 Å². The minimum absolute atomic E-state index is 0.0120. The molecule has 0 radical (unpaired) electrons. The third kappa shape index (κ3) is 5.09. The van der Waals surface area contributed by atoms with Crippen LogP contribution in [0.15, 0.2) is 65.6 Å². The van der Waals surface area contributed by atoms with Crippen molar-refractivity contribution < 1.29 is 17.6 Å². The molecular formula is C22H22FN5O3S. The summed E-state index contributed by atoms with van der Waals surface area (Å²) in [4.78, 5) is 14.7. The lowest BCUT2D eigenvalue weighted by molar-refractivity contribution is -0.120. The van der Waals surface area contributed by atoms with Crippen LogP contribution in [0, 0.1) is 11.7 Å². The fraction of sp³-hybridized carbons (Fsp3) is 0.227. The lowest BCUT2D eigenvalue weighted by atomic mass is 9.97. The number of nitrogens with one attached hydrogen (secondary N) is 1. The number of nitrogens with two attached hydrogens (primary N) is 1. The number of anilines is 2. The number of halogens is 1. The second kappa shape index (κ2) is 9.01. The summed E-state index contributed by atoms with van der Waals surface area (Å²) >= 11 is 0. The van der Waals surface area contributed by atoms with E-state index >= 15 is 0 Å². The van der Waals surface area contributed by atoms with Gasteiger partial charge in [-0.15, -0.1) is 10.2 Å². The summed E-state index contributed by atoms with van der Waals surface area (Å²) in [5.74, 6) is -0.0311.